The molecule has 0 aliphatic heterocycles. The summed E-state index contributed by atoms with van der Waals surface area (Å²) in [6, 6.07) is 0. The van der Waals surface area contributed by atoms with Crippen LogP contribution < -0.4 is 5.73 Å². The zero-order valence-electron chi connectivity index (χ0n) is 9.75. The van der Waals surface area contributed by atoms with Gasteiger partial charge in [0.1, 0.15) is 0 Å². The number of hydrogen-bond donors (Lipinski definition) is 1. The summed E-state index contributed by atoms with van der Waals surface area (Å²) < 4.78 is 10.4. The molecule has 3 nitrogen and oxygen atoms in total. The molecule has 0 saturated carbocycles. The molecule has 0 fully saturated rings. The molecule has 0 spiro atoms. The minimum absolute atomic E-state index is 0.153. The molecule has 2 atom stereocenters. The topological polar surface area (TPSA) is 44.5 Å². The highest BCUT2D eigenvalue weighted by atomic mass is 16.5. The second-order valence-corrected chi connectivity index (χ2v) is 3.55. The van der Waals surface area contributed by atoms with E-state index >= 15 is 0 Å². The second-order valence-electron chi connectivity index (χ2n) is 3.55. The predicted octanol–water partition coefficient (Wildman–Crippen LogP) is 1.72. The third-order valence-corrected chi connectivity index (χ3v) is 2.26. The van der Waals surface area contributed by atoms with E-state index in [0.717, 1.165) is 12.8 Å². The molecular weight excluding hydrogens is 178 g/mol. The van der Waals surface area contributed by atoms with Crippen molar-refractivity contribution in [1.82, 2.24) is 0 Å². The van der Waals surface area contributed by atoms with Gasteiger partial charge in [-0.15, -0.1) is 0 Å². The fourth-order valence-corrected chi connectivity index (χ4v) is 1.29. The average Bonchev–Trinajstić information content (AvgIpc) is 2.17. The largest absolute Gasteiger partial charge is 0.381 e. The maximum absolute atomic E-state index is 5.54. The van der Waals surface area contributed by atoms with E-state index in [1.807, 2.05) is 6.92 Å². The Hall–Kier alpha value is -0.380. The molecule has 0 amide bonds. The molecule has 3 heteroatoms. The molecule has 2 unspecified atom stereocenters. The van der Waals surface area contributed by atoms with Crippen LogP contribution in [0.4, 0.5) is 0 Å². The Labute approximate surface area is 87.3 Å². The lowest BCUT2D eigenvalue weighted by atomic mass is 10.0. The van der Waals surface area contributed by atoms with Gasteiger partial charge in [0.15, 0.2) is 0 Å². The molecule has 0 heterocycles. The van der Waals surface area contributed by atoms with Gasteiger partial charge < -0.3 is 15.2 Å². The van der Waals surface area contributed by atoms with Crippen LogP contribution in [0.5, 0.6) is 0 Å². The summed E-state index contributed by atoms with van der Waals surface area (Å²) in [5.74, 6) is 0. The van der Waals surface area contributed by atoms with E-state index in [1.54, 1.807) is 14.2 Å². The van der Waals surface area contributed by atoms with Crippen molar-refractivity contribution in [2.75, 3.05) is 20.8 Å². The number of rotatable bonds is 7. The Morgan fingerprint density at radius 3 is 2.36 bits per heavy atom. The van der Waals surface area contributed by atoms with E-state index in [2.05, 4.69) is 13.0 Å². The summed E-state index contributed by atoms with van der Waals surface area (Å²) in [6.07, 6.45) is 4.38. The van der Waals surface area contributed by atoms with Crippen LogP contribution >= 0.6 is 0 Å². The maximum Gasteiger partial charge on any atom is 0.0726 e. The molecule has 0 aliphatic rings. The summed E-state index contributed by atoms with van der Waals surface area (Å²) >= 11 is 0. The molecule has 2 N–H and O–H groups in total. The number of hydrogen-bond acceptors (Lipinski definition) is 3. The summed E-state index contributed by atoms with van der Waals surface area (Å²) in [6.45, 7) is 4.76. The van der Waals surface area contributed by atoms with Crippen LogP contribution in [0, 0.1) is 0 Å². The van der Waals surface area contributed by atoms with E-state index in [-0.39, 0.29) is 12.2 Å². The van der Waals surface area contributed by atoms with Crippen LogP contribution in [-0.4, -0.2) is 33.0 Å². The van der Waals surface area contributed by atoms with E-state index in [9.17, 15) is 0 Å². The van der Waals surface area contributed by atoms with Crippen molar-refractivity contribution < 1.29 is 9.47 Å². The lowest BCUT2D eigenvalue weighted by Crippen LogP contribution is -2.11. The fourth-order valence-electron chi connectivity index (χ4n) is 1.29. The summed E-state index contributed by atoms with van der Waals surface area (Å²) in [7, 11) is 3.44. The van der Waals surface area contributed by atoms with Gasteiger partial charge in [-0.05, 0) is 33.2 Å². The van der Waals surface area contributed by atoms with Gasteiger partial charge in [0, 0.05) is 14.2 Å². The first-order valence-corrected chi connectivity index (χ1v) is 5.09. The molecule has 0 aromatic rings. The lowest BCUT2D eigenvalue weighted by molar-refractivity contribution is 0.116. The summed E-state index contributed by atoms with van der Waals surface area (Å²) in [5.41, 5.74) is 6.86. The van der Waals surface area contributed by atoms with Gasteiger partial charge in [-0.25, -0.2) is 0 Å². The lowest BCUT2D eigenvalue weighted by Gasteiger charge is -2.14. The highest BCUT2D eigenvalue weighted by molar-refractivity contribution is 5.06. The van der Waals surface area contributed by atoms with E-state index in [4.69, 9.17) is 15.2 Å². The highest BCUT2D eigenvalue weighted by Gasteiger charge is 2.05. The van der Waals surface area contributed by atoms with Crippen molar-refractivity contribution in [2.45, 2.75) is 38.9 Å². The maximum atomic E-state index is 5.54. The molecule has 0 aromatic carbocycles. The van der Waals surface area contributed by atoms with Crippen LogP contribution in [0.25, 0.3) is 0 Å². The minimum atomic E-state index is 0.153. The van der Waals surface area contributed by atoms with Crippen molar-refractivity contribution in [3.63, 3.8) is 0 Å². The van der Waals surface area contributed by atoms with Crippen LogP contribution in [0.1, 0.15) is 26.7 Å². The van der Waals surface area contributed by atoms with Gasteiger partial charge in [-0.1, -0.05) is 11.6 Å². The first-order valence-electron chi connectivity index (χ1n) is 5.09. The fraction of sp³-hybridized carbons (Fsp3) is 0.818. The van der Waals surface area contributed by atoms with Crippen LogP contribution in [0.3, 0.4) is 0 Å². The average molecular weight is 201 g/mol. The molecule has 0 aliphatic carbocycles. The smallest absolute Gasteiger partial charge is 0.0726 e. The molecule has 0 bridgehead atoms. The van der Waals surface area contributed by atoms with E-state index in [0.29, 0.717) is 6.54 Å². The second kappa shape index (κ2) is 7.97. The van der Waals surface area contributed by atoms with Gasteiger partial charge in [0.05, 0.1) is 12.2 Å². The Bertz CT molecular complexity index is 169. The van der Waals surface area contributed by atoms with Crippen molar-refractivity contribution in [3.8, 4) is 0 Å². The zero-order valence-corrected chi connectivity index (χ0v) is 9.75. The molecule has 0 radical (unpaired) electrons. The number of nitrogens with two attached hydrogens (primary N) is 1. The third kappa shape index (κ3) is 6.13. The van der Waals surface area contributed by atoms with Gasteiger partial charge in [0.2, 0.25) is 0 Å². The molecular formula is C11H23NO2. The Morgan fingerprint density at radius 1 is 1.29 bits per heavy atom. The number of methoxy groups -OCH3 is 2. The minimum Gasteiger partial charge on any atom is -0.381 e. The SMILES string of the molecule is COC(C)/C=C(/CCN)CC(C)OC. The zero-order chi connectivity index (χ0) is 11.0. The Morgan fingerprint density at radius 2 is 1.93 bits per heavy atom. The standard InChI is InChI=1S/C11H23NO2/c1-9(13-3)7-11(5-6-12)8-10(2)14-4/h7,9-10H,5-6,8,12H2,1-4H3/b11-7-. The predicted molar refractivity (Wildman–Crippen MR) is 59.3 cm³/mol. The number of ether oxygens (including phenoxy) is 2. The van der Waals surface area contributed by atoms with Crippen molar-refractivity contribution in [3.05, 3.63) is 11.6 Å². The Kier molecular flexibility index (Phi) is 7.76. The van der Waals surface area contributed by atoms with Crippen LogP contribution in [0.2, 0.25) is 0 Å². The normalized spacial score (nSPS) is 16.8. The van der Waals surface area contributed by atoms with Gasteiger partial charge >= 0.3 is 0 Å². The van der Waals surface area contributed by atoms with E-state index in [1.165, 1.54) is 5.57 Å². The quantitative estimate of drug-likeness (QED) is 0.638. The summed E-state index contributed by atoms with van der Waals surface area (Å²) in [4.78, 5) is 0. The molecule has 14 heavy (non-hydrogen) atoms. The van der Waals surface area contributed by atoms with E-state index < -0.39 is 0 Å². The van der Waals surface area contributed by atoms with Crippen molar-refractivity contribution in [1.29, 1.82) is 0 Å². The first-order chi connectivity index (χ1) is 6.63. The molecule has 0 rings (SSSR count). The Balaban J connectivity index is 4.19. The van der Waals surface area contributed by atoms with Crippen molar-refractivity contribution in [2.24, 2.45) is 5.73 Å². The van der Waals surface area contributed by atoms with Gasteiger partial charge in [-0.3, -0.25) is 0 Å². The third-order valence-electron chi connectivity index (χ3n) is 2.26. The summed E-state index contributed by atoms with van der Waals surface area (Å²) in [5, 5.41) is 0. The molecule has 84 valence electrons. The molecule has 0 saturated heterocycles. The van der Waals surface area contributed by atoms with Gasteiger partial charge in [0.25, 0.3) is 0 Å². The van der Waals surface area contributed by atoms with Crippen molar-refractivity contribution >= 4 is 0 Å². The monoisotopic (exact) mass is 201 g/mol. The van der Waals surface area contributed by atoms with Crippen LogP contribution in [-0.2, 0) is 9.47 Å². The highest BCUT2D eigenvalue weighted by Crippen LogP contribution is 2.13. The molecule has 0 aromatic heterocycles. The van der Waals surface area contributed by atoms with Crippen LogP contribution in [0.15, 0.2) is 11.6 Å². The van der Waals surface area contributed by atoms with Gasteiger partial charge in [-0.2, -0.15) is 0 Å². The first kappa shape index (κ1) is 13.6.